The molecule has 122 valence electrons. The van der Waals surface area contributed by atoms with Crippen LogP contribution in [0.3, 0.4) is 0 Å². The highest BCUT2D eigenvalue weighted by Gasteiger charge is 2.25. The average Bonchev–Trinajstić information content (AvgIpc) is 3.01. The maximum Gasteiger partial charge on any atom is 0.268 e. The van der Waals surface area contributed by atoms with Crippen LogP contribution in [0.5, 0.6) is 0 Å². The first-order valence-electron chi connectivity index (χ1n) is 6.27. The summed E-state index contributed by atoms with van der Waals surface area (Å²) in [6.45, 7) is -0.493. The highest BCUT2D eigenvalue weighted by molar-refractivity contribution is 7.90. The minimum absolute atomic E-state index is 0.298. The van der Waals surface area contributed by atoms with E-state index in [1.807, 2.05) is 5.43 Å². The summed E-state index contributed by atoms with van der Waals surface area (Å²) in [5.41, 5.74) is 0.817. The van der Waals surface area contributed by atoms with Crippen molar-refractivity contribution in [2.24, 2.45) is 5.84 Å². The van der Waals surface area contributed by atoms with Crippen molar-refractivity contribution in [3.8, 4) is 0 Å². The summed E-state index contributed by atoms with van der Waals surface area (Å²) in [6, 6.07) is 5.30. The number of hydrazine groups is 1. The zero-order valence-electron chi connectivity index (χ0n) is 12.0. The van der Waals surface area contributed by atoms with Crippen molar-refractivity contribution in [3.63, 3.8) is 0 Å². The number of amides is 1. The number of hydrogen-bond donors (Lipinski definition) is 2. The monoisotopic (exact) mass is 355 g/mol. The van der Waals surface area contributed by atoms with Gasteiger partial charge in [0, 0.05) is 12.3 Å². The van der Waals surface area contributed by atoms with Gasteiger partial charge in [-0.15, -0.1) is 11.3 Å². The minimum Gasteiger partial charge on any atom is -0.291 e. The molecule has 0 bridgehead atoms. The number of carbonyl (C=O) groups is 2. The lowest BCUT2D eigenvalue weighted by Crippen LogP contribution is -2.35. The second-order valence-corrected chi connectivity index (χ2v) is 7.50. The number of nitrogens with two attached hydrogens (primary N) is 1. The van der Waals surface area contributed by atoms with Crippen LogP contribution in [0.4, 0.5) is 0 Å². The zero-order valence-corrected chi connectivity index (χ0v) is 13.6. The first-order chi connectivity index (χ1) is 10.8. The van der Waals surface area contributed by atoms with Gasteiger partial charge in [-0.05, 0) is 17.5 Å². The number of nitrogen functional groups attached to an aromatic ring is 1. The lowest BCUT2D eigenvalue weighted by atomic mass is 10.2. The molecule has 2 heterocycles. The van der Waals surface area contributed by atoms with Crippen LogP contribution >= 0.6 is 11.3 Å². The predicted molar refractivity (Wildman–Crippen MR) is 84.1 cm³/mol. The Hall–Kier alpha value is -2.30. The molecular formula is C13H13N3O5S2. The minimum atomic E-state index is -3.96. The molecule has 0 aliphatic heterocycles. The van der Waals surface area contributed by atoms with Gasteiger partial charge in [0.2, 0.25) is 0 Å². The number of ketones is 1. The molecule has 23 heavy (non-hydrogen) atoms. The molecule has 1 amide bonds. The van der Waals surface area contributed by atoms with E-state index in [9.17, 15) is 22.8 Å². The number of Topliss-reactive ketones (excluding diaryl/α,β-unsaturated/α-hetero) is 1. The summed E-state index contributed by atoms with van der Waals surface area (Å²) in [5.74, 6) is 3.73. The molecule has 2 aromatic rings. The van der Waals surface area contributed by atoms with Gasteiger partial charge < -0.3 is 0 Å². The second-order valence-electron chi connectivity index (χ2n) is 4.62. The van der Waals surface area contributed by atoms with Gasteiger partial charge in [-0.1, -0.05) is 6.07 Å². The SMILES string of the molecule is CS(=O)(=O)c1c(C(=O)NN)ccc(=O)n1CC(=O)c1cccs1. The van der Waals surface area contributed by atoms with E-state index in [2.05, 4.69) is 0 Å². The van der Waals surface area contributed by atoms with Gasteiger partial charge in [-0.2, -0.15) is 0 Å². The quantitative estimate of drug-likeness (QED) is 0.331. The highest BCUT2D eigenvalue weighted by Crippen LogP contribution is 2.16. The average molecular weight is 355 g/mol. The highest BCUT2D eigenvalue weighted by atomic mass is 32.2. The third kappa shape index (κ3) is 3.55. The normalized spacial score (nSPS) is 11.2. The van der Waals surface area contributed by atoms with E-state index in [0.29, 0.717) is 4.88 Å². The first kappa shape index (κ1) is 17.1. The smallest absolute Gasteiger partial charge is 0.268 e. The standard InChI is InChI=1S/C13H13N3O5S2/c1-23(20,21)13-8(12(19)15-14)4-5-11(18)16(13)7-9(17)10-3-2-6-22-10/h2-6H,7,14H2,1H3,(H,15,19). The molecule has 3 N–H and O–H groups in total. The molecule has 0 saturated heterocycles. The zero-order chi connectivity index (χ0) is 17.2. The van der Waals surface area contributed by atoms with Crippen molar-refractivity contribution < 1.29 is 18.0 Å². The summed E-state index contributed by atoms with van der Waals surface area (Å²) in [7, 11) is -3.96. The largest absolute Gasteiger partial charge is 0.291 e. The van der Waals surface area contributed by atoms with Crippen molar-refractivity contribution >= 4 is 32.9 Å². The van der Waals surface area contributed by atoms with Crippen LogP contribution in [0.25, 0.3) is 0 Å². The molecule has 0 aliphatic rings. The third-order valence-electron chi connectivity index (χ3n) is 2.96. The molecule has 0 aromatic carbocycles. The molecule has 0 unspecified atom stereocenters. The molecule has 2 rings (SSSR count). The summed E-state index contributed by atoms with van der Waals surface area (Å²) >= 11 is 1.17. The third-order valence-corrected chi connectivity index (χ3v) is 5.01. The Morgan fingerprint density at radius 1 is 1.30 bits per heavy atom. The van der Waals surface area contributed by atoms with Crippen molar-refractivity contribution in [1.29, 1.82) is 0 Å². The van der Waals surface area contributed by atoms with Crippen LogP contribution in [0, 0.1) is 0 Å². The molecule has 0 radical (unpaired) electrons. The number of thiophene rings is 1. The van der Waals surface area contributed by atoms with E-state index in [4.69, 9.17) is 5.84 Å². The predicted octanol–water partition coefficient (Wildman–Crippen LogP) is -0.200. The molecule has 0 aliphatic carbocycles. The van der Waals surface area contributed by atoms with E-state index in [1.54, 1.807) is 17.5 Å². The number of pyridine rings is 1. The number of carbonyl (C=O) groups excluding carboxylic acids is 2. The van der Waals surface area contributed by atoms with Gasteiger partial charge in [0.05, 0.1) is 17.0 Å². The van der Waals surface area contributed by atoms with Crippen LogP contribution in [0.1, 0.15) is 20.0 Å². The van der Waals surface area contributed by atoms with Crippen LogP contribution in [-0.4, -0.2) is 30.9 Å². The van der Waals surface area contributed by atoms with Crippen molar-refractivity contribution in [1.82, 2.24) is 9.99 Å². The topological polar surface area (TPSA) is 128 Å². The Labute approximate surface area is 135 Å². The van der Waals surface area contributed by atoms with Crippen LogP contribution < -0.4 is 16.8 Å². The van der Waals surface area contributed by atoms with E-state index < -0.39 is 38.7 Å². The Bertz CT molecular complexity index is 914. The number of hydrogen-bond acceptors (Lipinski definition) is 7. The molecule has 0 fully saturated rings. The lowest BCUT2D eigenvalue weighted by molar-refractivity contribution is 0.0938. The number of nitrogens with one attached hydrogen (secondary N) is 1. The van der Waals surface area contributed by atoms with Crippen molar-refractivity contribution in [3.05, 3.63) is 50.4 Å². The van der Waals surface area contributed by atoms with E-state index >= 15 is 0 Å². The second kappa shape index (κ2) is 6.44. The fraction of sp³-hybridized carbons (Fsp3) is 0.154. The Kier molecular flexibility index (Phi) is 4.78. The van der Waals surface area contributed by atoms with E-state index in [1.165, 1.54) is 11.3 Å². The Balaban J connectivity index is 2.64. The van der Waals surface area contributed by atoms with Gasteiger partial charge in [-0.25, -0.2) is 14.3 Å². The number of aromatic nitrogens is 1. The maximum atomic E-state index is 12.2. The summed E-state index contributed by atoms with van der Waals surface area (Å²) in [6.07, 6.45) is 0.848. The van der Waals surface area contributed by atoms with Gasteiger partial charge in [0.1, 0.15) is 0 Å². The number of sulfone groups is 1. The van der Waals surface area contributed by atoms with Crippen LogP contribution in [0.15, 0.2) is 39.5 Å². The summed E-state index contributed by atoms with van der Waals surface area (Å²) in [5, 5.41) is 1.14. The Morgan fingerprint density at radius 3 is 2.52 bits per heavy atom. The number of nitrogens with zero attached hydrogens (tertiary/aromatic N) is 1. The lowest BCUT2D eigenvalue weighted by Gasteiger charge is -2.14. The number of rotatable bonds is 5. The first-order valence-corrected chi connectivity index (χ1v) is 9.04. The van der Waals surface area contributed by atoms with Gasteiger partial charge in [-0.3, -0.25) is 24.4 Å². The fourth-order valence-electron chi connectivity index (χ4n) is 2.02. The van der Waals surface area contributed by atoms with E-state index in [-0.39, 0.29) is 5.56 Å². The van der Waals surface area contributed by atoms with Gasteiger partial charge >= 0.3 is 0 Å². The fourth-order valence-corrected chi connectivity index (χ4v) is 3.79. The molecule has 10 heteroatoms. The molecule has 0 saturated carbocycles. The molecule has 0 atom stereocenters. The Morgan fingerprint density at radius 2 is 2.00 bits per heavy atom. The molecule has 2 aromatic heterocycles. The molecule has 8 nitrogen and oxygen atoms in total. The summed E-state index contributed by atoms with van der Waals surface area (Å²) in [4.78, 5) is 36.4. The van der Waals surface area contributed by atoms with Crippen LogP contribution in [-0.2, 0) is 16.4 Å². The van der Waals surface area contributed by atoms with E-state index in [0.717, 1.165) is 23.0 Å². The van der Waals surface area contributed by atoms with Crippen molar-refractivity contribution in [2.45, 2.75) is 11.6 Å². The molecule has 0 spiro atoms. The van der Waals surface area contributed by atoms with Crippen LogP contribution in [0.2, 0.25) is 0 Å². The van der Waals surface area contributed by atoms with Gasteiger partial charge in [0.15, 0.2) is 20.6 Å². The van der Waals surface area contributed by atoms with Crippen molar-refractivity contribution in [2.75, 3.05) is 6.26 Å². The van der Waals surface area contributed by atoms with Gasteiger partial charge in [0.25, 0.3) is 11.5 Å². The molecular weight excluding hydrogens is 342 g/mol. The summed E-state index contributed by atoms with van der Waals surface area (Å²) < 4.78 is 24.8. The maximum absolute atomic E-state index is 12.2.